The summed E-state index contributed by atoms with van der Waals surface area (Å²) in [6.07, 6.45) is 1.41. The minimum Gasteiger partial charge on any atom is -0.507 e. The molecule has 0 bridgehead atoms. The highest BCUT2D eigenvalue weighted by Crippen LogP contribution is 2.58. The predicted molar refractivity (Wildman–Crippen MR) is 128 cm³/mol. The number of anilines is 2. The zero-order valence-corrected chi connectivity index (χ0v) is 19.2. The molecule has 3 aromatic rings. The van der Waals surface area contributed by atoms with Crippen molar-refractivity contribution in [2.45, 2.75) is 10.4 Å². The van der Waals surface area contributed by atoms with Gasteiger partial charge in [-0.15, -0.1) is 0 Å². The summed E-state index contributed by atoms with van der Waals surface area (Å²) in [4.78, 5) is 29.5. The zero-order valence-electron chi connectivity index (χ0n) is 16.1. The number of halogens is 3. The summed E-state index contributed by atoms with van der Waals surface area (Å²) in [5.74, 6) is -1.10. The number of carbonyl (C=O) groups excluding carboxylic acids is 2. The third-order valence-electron chi connectivity index (χ3n) is 5.30. The normalized spacial score (nSPS) is 19.3. The first-order valence-corrected chi connectivity index (χ1v) is 11.4. The number of amides is 2. The second kappa shape index (κ2) is 7.74. The van der Waals surface area contributed by atoms with Crippen LogP contribution in [0, 0.1) is 0 Å². The van der Waals surface area contributed by atoms with E-state index < -0.39 is 17.4 Å². The molecule has 0 aliphatic carbocycles. The number of hydrogen-bond donors (Lipinski definition) is 2. The van der Waals surface area contributed by atoms with Gasteiger partial charge in [-0.3, -0.25) is 14.5 Å². The number of thioether (sulfide) groups is 1. The standard InChI is InChI=1S/C23H13Cl3N2O3S/c24-12-4-6-16(7-5-12)32-19-11-20(30)28(15-3-1-2-13(25)8-15)23(19)21-17(27-22(23)31)9-14(26)10-18(21)29/h1-11,29H,(H,27,31)/t23-/m1/s1. The van der Waals surface area contributed by atoms with Crippen molar-refractivity contribution in [2.24, 2.45) is 0 Å². The Bertz CT molecular complexity index is 1330. The Kier molecular flexibility index (Phi) is 5.13. The monoisotopic (exact) mass is 502 g/mol. The topological polar surface area (TPSA) is 69.6 Å². The van der Waals surface area contributed by atoms with Crippen LogP contribution in [0.25, 0.3) is 0 Å². The Balaban J connectivity index is 1.76. The van der Waals surface area contributed by atoms with Gasteiger partial charge in [0.25, 0.3) is 11.8 Å². The molecule has 2 heterocycles. The summed E-state index contributed by atoms with van der Waals surface area (Å²) < 4.78 is 0. The second-order valence-corrected chi connectivity index (χ2v) is 9.65. The van der Waals surface area contributed by atoms with Crippen molar-refractivity contribution in [1.29, 1.82) is 0 Å². The van der Waals surface area contributed by atoms with E-state index in [1.807, 2.05) is 0 Å². The summed E-state index contributed by atoms with van der Waals surface area (Å²) in [6, 6.07) is 16.6. The van der Waals surface area contributed by atoms with Crippen molar-refractivity contribution in [3.05, 3.63) is 92.3 Å². The maximum atomic E-state index is 13.6. The molecule has 9 heteroatoms. The molecule has 2 aliphatic rings. The van der Waals surface area contributed by atoms with Gasteiger partial charge in [-0.05, 0) is 54.6 Å². The first-order valence-electron chi connectivity index (χ1n) is 9.40. The molecule has 2 N–H and O–H groups in total. The lowest BCUT2D eigenvalue weighted by atomic mass is 9.89. The number of fused-ring (bicyclic) bond motifs is 2. The third kappa shape index (κ3) is 3.18. The number of nitrogens with zero attached hydrogens (tertiary/aromatic N) is 1. The van der Waals surface area contributed by atoms with Crippen LogP contribution in [-0.2, 0) is 15.1 Å². The molecule has 5 nitrogen and oxygen atoms in total. The molecule has 0 unspecified atom stereocenters. The van der Waals surface area contributed by atoms with Crippen molar-refractivity contribution >= 4 is 69.8 Å². The van der Waals surface area contributed by atoms with Crippen LogP contribution in [0.2, 0.25) is 15.1 Å². The van der Waals surface area contributed by atoms with E-state index in [1.165, 1.54) is 28.8 Å². The molecule has 0 saturated heterocycles. The Hall–Kier alpha value is -2.64. The van der Waals surface area contributed by atoms with Crippen LogP contribution in [-0.4, -0.2) is 16.9 Å². The summed E-state index contributed by atoms with van der Waals surface area (Å²) >= 11 is 19.6. The summed E-state index contributed by atoms with van der Waals surface area (Å²) in [5, 5.41) is 14.9. The summed E-state index contributed by atoms with van der Waals surface area (Å²) in [5.41, 5.74) is -0.617. The van der Waals surface area contributed by atoms with Gasteiger partial charge in [0, 0.05) is 36.6 Å². The number of phenolic OH excluding ortho intramolecular Hbond substituents is 1. The molecule has 0 aromatic heterocycles. The number of hydrogen-bond acceptors (Lipinski definition) is 4. The SMILES string of the molecule is O=C1C=C(Sc2ccc(Cl)cc2)[C@@]2(C(=O)Nc3cc(Cl)cc(O)c32)N1c1cccc(Cl)c1. The highest BCUT2D eigenvalue weighted by Gasteiger charge is 2.61. The molecule has 0 radical (unpaired) electrons. The van der Waals surface area contributed by atoms with E-state index in [4.69, 9.17) is 34.8 Å². The fraction of sp³-hybridized carbons (Fsp3) is 0.0435. The molecule has 32 heavy (non-hydrogen) atoms. The van der Waals surface area contributed by atoms with E-state index in [0.717, 1.165) is 4.90 Å². The largest absolute Gasteiger partial charge is 0.507 e. The van der Waals surface area contributed by atoms with Crippen LogP contribution >= 0.6 is 46.6 Å². The van der Waals surface area contributed by atoms with Gasteiger partial charge in [0.2, 0.25) is 0 Å². The summed E-state index contributed by atoms with van der Waals surface area (Å²) in [7, 11) is 0. The molecule has 2 aliphatic heterocycles. The average molecular weight is 504 g/mol. The molecule has 2 amide bonds. The lowest BCUT2D eigenvalue weighted by Gasteiger charge is -2.36. The van der Waals surface area contributed by atoms with Gasteiger partial charge in [-0.1, -0.05) is 52.6 Å². The van der Waals surface area contributed by atoms with Gasteiger partial charge >= 0.3 is 0 Å². The molecule has 3 aromatic carbocycles. The van der Waals surface area contributed by atoms with Gasteiger partial charge in [0.1, 0.15) is 5.75 Å². The maximum absolute atomic E-state index is 13.6. The Morgan fingerprint density at radius 1 is 0.906 bits per heavy atom. The van der Waals surface area contributed by atoms with Crippen molar-refractivity contribution < 1.29 is 14.7 Å². The highest BCUT2D eigenvalue weighted by molar-refractivity contribution is 8.03. The van der Waals surface area contributed by atoms with Crippen LogP contribution in [0.15, 0.2) is 76.5 Å². The molecule has 0 fully saturated rings. The van der Waals surface area contributed by atoms with Crippen LogP contribution in [0.5, 0.6) is 5.75 Å². The second-order valence-electron chi connectivity index (χ2n) is 7.23. The van der Waals surface area contributed by atoms with Crippen LogP contribution in [0.4, 0.5) is 11.4 Å². The number of aromatic hydroxyl groups is 1. The fourth-order valence-corrected chi connectivity index (χ4v) is 5.71. The van der Waals surface area contributed by atoms with Crippen LogP contribution in [0.1, 0.15) is 5.56 Å². The van der Waals surface area contributed by atoms with E-state index in [9.17, 15) is 14.7 Å². The number of benzene rings is 3. The third-order valence-corrected chi connectivity index (χ3v) is 7.14. The van der Waals surface area contributed by atoms with Crippen molar-refractivity contribution in [3.63, 3.8) is 0 Å². The van der Waals surface area contributed by atoms with E-state index >= 15 is 0 Å². The lowest BCUT2D eigenvalue weighted by molar-refractivity contribution is -0.122. The maximum Gasteiger partial charge on any atom is 0.260 e. The minimum absolute atomic E-state index is 0.199. The number of rotatable bonds is 3. The smallest absolute Gasteiger partial charge is 0.260 e. The first kappa shape index (κ1) is 21.2. The molecule has 0 saturated carbocycles. The molecular formula is C23H13Cl3N2O3S. The molecule has 160 valence electrons. The molecule has 5 rings (SSSR count). The van der Waals surface area contributed by atoms with Gasteiger partial charge in [0.05, 0.1) is 11.3 Å². The summed E-state index contributed by atoms with van der Waals surface area (Å²) in [6.45, 7) is 0. The Morgan fingerprint density at radius 2 is 1.66 bits per heavy atom. The average Bonchev–Trinajstić information content (AvgIpc) is 3.17. The predicted octanol–water partition coefficient (Wildman–Crippen LogP) is 6.22. The lowest BCUT2D eigenvalue weighted by Crippen LogP contribution is -2.50. The minimum atomic E-state index is -1.63. The van der Waals surface area contributed by atoms with Gasteiger partial charge in [-0.25, -0.2) is 0 Å². The number of nitrogens with one attached hydrogen (secondary N) is 1. The van der Waals surface area contributed by atoms with E-state index in [2.05, 4.69) is 5.32 Å². The Morgan fingerprint density at radius 3 is 2.38 bits per heavy atom. The first-order chi connectivity index (χ1) is 15.3. The van der Waals surface area contributed by atoms with Crippen molar-refractivity contribution in [2.75, 3.05) is 10.2 Å². The van der Waals surface area contributed by atoms with E-state index in [0.29, 0.717) is 26.3 Å². The number of phenols is 1. The zero-order chi connectivity index (χ0) is 22.6. The van der Waals surface area contributed by atoms with Crippen molar-refractivity contribution in [1.82, 2.24) is 0 Å². The van der Waals surface area contributed by atoms with Crippen LogP contribution in [0.3, 0.4) is 0 Å². The Labute approximate surface area is 202 Å². The van der Waals surface area contributed by atoms with Gasteiger partial charge in [0.15, 0.2) is 5.54 Å². The van der Waals surface area contributed by atoms with E-state index in [-0.39, 0.29) is 16.3 Å². The molecule has 1 atom stereocenters. The molecule has 1 spiro atoms. The van der Waals surface area contributed by atoms with Crippen LogP contribution < -0.4 is 10.2 Å². The van der Waals surface area contributed by atoms with Crippen molar-refractivity contribution in [3.8, 4) is 5.75 Å². The molecular weight excluding hydrogens is 491 g/mol. The fourth-order valence-electron chi connectivity index (χ4n) is 4.07. The van der Waals surface area contributed by atoms with E-state index in [1.54, 1.807) is 54.6 Å². The van der Waals surface area contributed by atoms with Gasteiger partial charge < -0.3 is 10.4 Å². The van der Waals surface area contributed by atoms with Gasteiger partial charge in [-0.2, -0.15) is 0 Å². The highest BCUT2D eigenvalue weighted by atomic mass is 35.5. The number of carbonyl (C=O) groups is 2. The quantitative estimate of drug-likeness (QED) is 0.445.